The van der Waals surface area contributed by atoms with Crippen LogP contribution < -0.4 is 0 Å². The summed E-state index contributed by atoms with van der Waals surface area (Å²) in [6.45, 7) is 0. The van der Waals surface area contributed by atoms with Gasteiger partial charge in [0, 0.05) is 0 Å². The molecule has 0 saturated carbocycles. The summed E-state index contributed by atoms with van der Waals surface area (Å²) in [6, 6.07) is 21.8. The molecule has 0 unspecified atom stereocenters. The van der Waals surface area contributed by atoms with E-state index in [2.05, 4.69) is 95.6 Å². The van der Waals surface area contributed by atoms with Gasteiger partial charge in [-0.2, -0.15) is 0 Å². The van der Waals surface area contributed by atoms with Gasteiger partial charge < -0.3 is 0 Å². The van der Waals surface area contributed by atoms with Gasteiger partial charge in [0.15, 0.2) is 0 Å². The van der Waals surface area contributed by atoms with Gasteiger partial charge in [-0.15, -0.1) is 0 Å². The average molecular weight is 318 g/mol. The summed E-state index contributed by atoms with van der Waals surface area (Å²) in [5.74, 6) is 0. The summed E-state index contributed by atoms with van der Waals surface area (Å²) in [6.07, 6.45) is 0. The molecule has 2 nitrogen and oxygen atoms in total. The van der Waals surface area contributed by atoms with Crippen LogP contribution in [0, 0.1) is 0 Å². The van der Waals surface area contributed by atoms with Crippen molar-refractivity contribution in [3.63, 3.8) is 0 Å². The van der Waals surface area contributed by atoms with Crippen LogP contribution in [0.4, 0.5) is 0 Å². The third-order valence-electron chi connectivity index (χ3n) is 4.33. The zero-order chi connectivity index (χ0) is 15.3. The van der Waals surface area contributed by atoms with Gasteiger partial charge in [0.1, 0.15) is 0 Å². The Kier molecular flexibility index (Phi) is 5.77. The fourth-order valence-corrected chi connectivity index (χ4v) is 9.14. The van der Waals surface area contributed by atoms with Crippen molar-refractivity contribution >= 4 is 0 Å². The van der Waals surface area contributed by atoms with Crippen LogP contribution in [0.3, 0.4) is 0 Å². The van der Waals surface area contributed by atoms with Crippen molar-refractivity contribution in [2.75, 3.05) is 28.2 Å². The molecule has 0 radical (unpaired) electrons. The molecule has 0 saturated heterocycles. The molecule has 0 aliphatic carbocycles. The molecule has 0 amide bonds. The van der Waals surface area contributed by atoms with Crippen LogP contribution in [-0.4, -0.2) is 35.0 Å². The summed E-state index contributed by atoms with van der Waals surface area (Å²) in [4.78, 5) is 0. The van der Waals surface area contributed by atoms with Gasteiger partial charge in [0.2, 0.25) is 0 Å². The van der Waals surface area contributed by atoms with Gasteiger partial charge in [-0.3, -0.25) is 0 Å². The molecule has 0 N–H and O–H groups in total. The fourth-order valence-electron chi connectivity index (χ4n) is 2.94. The van der Waals surface area contributed by atoms with Crippen molar-refractivity contribution in [3.05, 3.63) is 71.8 Å². The molecule has 0 heterocycles. The van der Waals surface area contributed by atoms with Gasteiger partial charge in [0.05, 0.1) is 0 Å². The first kappa shape index (κ1) is 16.4. The predicted octanol–water partition coefficient (Wildman–Crippen LogP) is 3.49. The second-order valence-electron chi connectivity index (χ2n) is 6.10. The van der Waals surface area contributed by atoms with Crippen molar-refractivity contribution in [2.45, 2.75) is 9.45 Å². The summed E-state index contributed by atoms with van der Waals surface area (Å²) in [7, 11) is 9.02. The molecule has 112 valence electrons. The minimum absolute atomic E-state index is 1.19. The maximum absolute atomic E-state index is 2.53. The molecular weight excluding hydrogens is 292 g/mol. The Morgan fingerprint density at radius 2 is 0.952 bits per heavy atom. The normalized spacial score (nSPS) is 12.1. The fraction of sp³-hybridized carbons (Fsp3) is 0.333. The molecule has 0 fully saturated rings. The van der Waals surface area contributed by atoms with E-state index in [0.717, 1.165) is 0 Å². The van der Waals surface area contributed by atoms with Crippen molar-refractivity contribution in [3.8, 4) is 0 Å². The van der Waals surface area contributed by atoms with E-state index in [4.69, 9.17) is 0 Å². The first-order valence-electron chi connectivity index (χ1n) is 7.47. The van der Waals surface area contributed by atoms with Crippen molar-refractivity contribution in [1.82, 2.24) is 6.76 Å². The Hall–Kier alpha value is -0.926. The summed E-state index contributed by atoms with van der Waals surface area (Å²) >= 11 is -2.37. The molecule has 0 aromatic heterocycles. The zero-order valence-corrected chi connectivity index (χ0v) is 15.1. The second kappa shape index (κ2) is 7.37. The Bertz CT molecular complexity index is 486. The topological polar surface area (TPSA) is 6.48 Å². The number of hydrogen-bond acceptors (Lipinski definition) is 2. The maximum atomic E-state index is 2.53. The van der Waals surface area contributed by atoms with E-state index in [9.17, 15) is 0 Å². The van der Waals surface area contributed by atoms with E-state index in [1.807, 2.05) is 0 Å². The molecule has 3 heteroatoms. The third kappa shape index (κ3) is 4.05. The first-order valence-corrected chi connectivity index (χ1v) is 11.1. The molecule has 21 heavy (non-hydrogen) atoms. The first-order chi connectivity index (χ1) is 10.0. The minimum atomic E-state index is -2.37. The number of nitrogens with zero attached hydrogens (tertiary/aromatic N) is 2. The Morgan fingerprint density at radius 3 is 1.24 bits per heavy atom. The number of rotatable bonds is 6. The van der Waals surface area contributed by atoms with E-state index >= 15 is 0 Å². The molecule has 2 rings (SSSR count). The third-order valence-corrected chi connectivity index (χ3v) is 12.6. The van der Waals surface area contributed by atoms with E-state index in [-0.39, 0.29) is 0 Å². The number of hydrogen-bond donors (Lipinski definition) is 0. The monoisotopic (exact) mass is 318 g/mol. The van der Waals surface area contributed by atoms with E-state index in [1.54, 1.807) is 0 Å². The molecule has 2 aromatic carbocycles. The molecular formula is C18H26N2Ti. The Balaban J connectivity index is 2.34. The summed E-state index contributed by atoms with van der Waals surface area (Å²) in [5.41, 5.74) is 2.91. The van der Waals surface area contributed by atoms with E-state index < -0.39 is 17.1 Å². The van der Waals surface area contributed by atoms with Crippen LogP contribution in [-0.2, 0) is 26.6 Å². The van der Waals surface area contributed by atoms with Crippen molar-refractivity contribution in [2.24, 2.45) is 0 Å². The van der Waals surface area contributed by atoms with Gasteiger partial charge in [0.25, 0.3) is 0 Å². The SMILES string of the molecule is C[N](C)[Ti]([CH2]c1ccccc1)([CH2]c1ccccc1)[N](C)C. The molecule has 0 bridgehead atoms. The summed E-state index contributed by atoms with van der Waals surface area (Å²) < 4.78 is 7.44. The van der Waals surface area contributed by atoms with Crippen molar-refractivity contribution < 1.29 is 17.1 Å². The summed E-state index contributed by atoms with van der Waals surface area (Å²) in [5, 5.41) is 0. The molecule has 2 aromatic rings. The van der Waals surface area contributed by atoms with Crippen LogP contribution in [0.15, 0.2) is 60.7 Å². The van der Waals surface area contributed by atoms with Gasteiger partial charge in [-0.1, -0.05) is 0 Å². The molecule has 0 aliphatic rings. The standard InChI is InChI=1S/2C7H7.2C2H6N.Ti/c2*1-7-5-3-2-4-6-7;2*1-3-2;/h2*2-6H,1H2;2*1-2H3;/q;;2*-1;+2. The van der Waals surface area contributed by atoms with Crippen LogP contribution >= 0.6 is 0 Å². The van der Waals surface area contributed by atoms with Crippen LogP contribution in [0.25, 0.3) is 0 Å². The van der Waals surface area contributed by atoms with E-state index in [1.165, 1.54) is 20.6 Å². The number of benzene rings is 2. The Morgan fingerprint density at radius 1 is 0.619 bits per heavy atom. The van der Waals surface area contributed by atoms with E-state index in [0.29, 0.717) is 0 Å². The Labute approximate surface area is 133 Å². The molecule has 0 spiro atoms. The van der Waals surface area contributed by atoms with Crippen LogP contribution in [0.2, 0.25) is 0 Å². The second-order valence-corrected chi connectivity index (χ2v) is 13.1. The average Bonchev–Trinajstić information content (AvgIpc) is 2.48. The van der Waals surface area contributed by atoms with Crippen LogP contribution in [0.5, 0.6) is 0 Å². The predicted molar refractivity (Wildman–Crippen MR) is 87.7 cm³/mol. The quantitative estimate of drug-likeness (QED) is 0.752. The van der Waals surface area contributed by atoms with Gasteiger partial charge in [-0.25, -0.2) is 0 Å². The molecule has 0 aliphatic heterocycles. The van der Waals surface area contributed by atoms with Gasteiger partial charge >= 0.3 is 133 Å². The van der Waals surface area contributed by atoms with Crippen LogP contribution in [0.1, 0.15) is 11.1 Å². The zero-order valence-electron chi connectivity index (χ0n) is 13.6. The van der Waals surface area contributed by atoms with Crippen molar-refractivity contribution in [1.29, 1.82) is 0 Å². The molecule has 0 atom stereocenters. The van der Waals surface area contributed by atoms with Gasteiger partial charge in [-0.05, 0) is 0 Å².